The highest BCUT2D eigenvalue weighted by molar-refractivity contribution is 8.16. The summed E-state index contributed by atoms with van der Waals surface area (Å²) in [5.74, 6) is 2.18. The van der Waals surface area contributed by atoms with Crippen molar-refractivity contribution in [2.75, 3.05) is 23.4 Å². The van der Waals surface area contributed by atoms with E-state index in [9.17, 15) is 9.59 Å². The number of thioether (sulfide) groups is 2. The molecule has 0 aromatic heterocycles. The van der Waals surface area contributed by atoms with Crippen LogP contribution in [0.15, 0.2) is 48.5 Å². The smallest absolute Gasteiger partial charge is 0.251 e. The molecule has 148 valence electrons. The molecule has 2 amide bonds. The van der Waals surface area contributed by atoms with Crippen LogP contribution in [0.1, 0.15) is 39.8 Å². The van der Waals surface area contributed by atoms with Gasteiger partial charge >= 0.3 is 0 Å². The third-order valence-corrected chi connectivity index (χ3v) is 7.51. The predicted molar refractivity (Wildman–Crippen MR) is 120 cm³/mol. The molecule has 1 saturated heterocycles. The number of nitrogens with one attached hydrogen (secondary N) is 2. The molecule has 2 N–H and O–H groups in total. The van der Waals surface area contributed by atoms with Gasteiger partial charge in [-0.05, 0) is 66.3 Å². The summed E-state index contributed by atoms with van der Waals surface area (Å²) in [6.45, 7) is 0.449. The maximum Gasteiger partial charge on any atom is 0.251 e. The first-order valence-corrected chi connectivity index (χ1v) is 11.8. The summed E-state index contributed by atoms with van der Waals surface area (Å²) < 4.78 is 0.452. The van der Waals surface area contributed by atoms with Crippen molar-refractivity contribution in [1.29, 1.82) is 0 Å². The fourth-order valence-corrected chi connectivity index (χ4v) is 5.82. The third kappa shape index (κ3) is 6.47. The number of benzene rings is 2. The topological polar surface area (TPSA) is 58.2 Å². The van der Waals surface area contributed by atoms with E-state index < -0.39 is 0 Å². The van der Waals surface area contributed by atoms with Crippen molar-refractivity contribution in [2.24, 2.45) is 0 Å². The maximum absolute atomic E-state index is 12.2. The zero-order chi connectivity index (χ0) is 19.8. The van der Waals surface area contributed by atoms with E-state index in [1.165, 1.54) is 23.5 Å². The predicted octanol–water partition coefficient (Wildman–Crippen LogP) is 5.36. The maximum atomic E-state index is 12.2. The van der Waals surface area contributed by atoms with Crippen molar-refractivity contribution in [3.05, 3.63) is 64.7 Å². The van der Waals surface area contributed by atoms with Crippen LogP contribution in [0.25, 0.3) is 0 Å². The normalized spacial score (nSPS) is 14.5. The Balaban J connectivity index is 1.40. The molecule has 4 nitrogen and oxygen atoms in total. The van der Waals surface area contributed by atoms with Gasteiger partial charge in [0.2, 0.25) is 5.91 Å². The van der Waals surface area contributed by atoms with Gasteiger partial charge in [-0.25, -0.2) is 0 Å². The van der Waals surface area contributed by atoms with E-state index in [1.807, 2.05) is 35.7 Å². The van der Waals surface area contributed by atoms with Crippen LogP contribution in [0.4, 0.5) is 5.69 Å². The number of hydrogen-bond donors (Lipinski definition) is 2. The highest BCUT2D eigenvalue weighted by Gasteiger charge is 2.17. The van der Waals surface area contributed by atoms with Gasteiger partial charge in [0.1, 0.15) is 0 Å². The van der Waals surface area contributed by atoms with Crippen LogP contribution in [0.5, 0.6) is 0 Å². The zero-order valence-electron chi connectivity index (χ0n) is 15.4. The molecule has 28 heavy (non-hydrogen) atoms. The average molecular weight is 435 g/mol. The van der Waals surface area contributed by atoms with Gasteiger partial charge in [0.25, 0.3) is 5.91 Å². The van der Waals surface area contributed by atoms with Gasteiger partial charge < -0.3 is 10.6 Å². The van der Waals surface area contributed by atoms with Crippen molar-refractivity contribution in [2.45, 2.75) is 23.8 Å². The van der Waals surface area contributed by atoms with Gasteiger partial charge in [0, 0.05) is 29.2 Å². The van der Waals surface area contributed by atoms with Gasteiger partial charge in [0.15, 0.2) is 0 Å². The Morgan fingerprint density at radius 2 is 1.82 bits per heavy atom. The molecule has 2 aromatic carbocycles. The Bertz CT molecular complexity index is 808. The molecule has 1 aliphatic heterocycles. The first-order chi connectivity index (χ1) is 13.6. The summed E-state index contributed by atoms with van der Waals surface area (Å²) in [6, 6.07) is 14.8. The SMILES string of the molecule is O=C(CCCNC(=O)c1ccc(Cl)cc1)Nc1cccc(C2SCCCS2)c1. The van der Waals surface area contributed by atoms with E-state index in [1.54, 1.807) is 24.3 Å². The molecule has 0 bridgehead atoms. The summed E-state index contributed by atoms with van der Waals surface area (Å²) in [6.07, 6.45) is 2.20. The minimum atomic E-state index is -0.160. The summed E-state index contributed by atoms with van der Waals surface area (Å²) in [7, 11) is 0. The van der Waals surface area contributed by atoms with Crippen molar-refractivity contribution >= 4 is 52.6 Å². The fraction of sp³-hybridized carbons (Fsp3) is 0.333. The molecule has 0 saturated carbocycles. The lowest BCUT2D eigenvalue weighted by atomic mass is 10.2. The largest absolute Gasteiger partial charge is 0.352 e. The number of rotatable bonds is 7. The standard InChI is InChI=1S/C21H23ClN2O2S2/c22-17-9-7-15(8-10-17)20(26)23-11-2-6-19(25)24-18-5-1-4-16(14-18)21-27-12-3-13-28-21/h1,4-5,7-10,14,21H,2-3,6,11-13H2,(H,23,26)(H,24,25). The number of carbonyl (C=O) groups is 2. The highest BCUT2D eigenvalue weighted by Crippen LogP contribution is 2.44. The second kappa shape index (κ2) is 10.8. The van der Waals surface area contributed by atoms with Crippen molar-refractivity contribution in [1.82, 2.24) is 5.32 Å². The molecule has 1 aliphatic rings. The molecule has 0 spiro atoms. The zero-order valence-corrected chi connectivity index (χ0v) is 17.8. The van der Waals surface area contributed by atoms with Gasteiger partial charge in [-0.2, -0.15) is 0 Å². The summed E-state index contributed by atoms with van der Waals surface area (Å²) in [5, 5.41) is 6.38. The molecule has 1 fully saturated rings. The van der Waals surface area contributed by atoms with Crippen LogP contribution in [0.3, 0.4) is 0 Å². The van der Waals surface area contributed by atoms with E-state index in [0.29, 0.717) is 34.6 Å². The Hall–Kier alpha value is -1.63. The van der Waals surface area contributed by atoms with Gasteiger partial charge in [0.05, 0.1) is 4.58 Å². The Morgan fingerprint density at radius 1 is 1.07 bits per heavy atom. The van der Waals surface area contributed by atoms with Crippen LogP contribution >= 0.6 is 35.1 Å². The fourth-order valence-electron chi connectivity index (χ4n) is 2.82. The molecule has 3 rings (SSSR count). The summed E-state index contributed by atoms with van der Waals surface area (Å²) in [4.78, 5) is 24.2. The monoisotopic (exact) mass is 434 g/mol. The lowest BCUT2D eigenvalue weighted by Crippen LogP contribution is -2.25. The Morgan fingerprint density at radius 3 is 2.57 bits per heavy atom. The molecule has 2 aromatic rings. The molecule has 0 aliphatic carbocycles. The number of halogens is 1. The molecule has 0 atom stereocenters. The third-order valence-electron chi connectivity index (χ3n) is 4.24. The molecule has 0 unspecified atom stereocenters. The average Bonchev–Trinajstić information content (AvgIpc) is 2.72. The molecule has 7 heteroatoms. The van der Waals surface area contributed by atoms with Crippen molar-refractivity contribution < 1.29 is 9.59 Å². The number of hydrogen-bond acceptors (Lipinski definition) is 4. The van der Waals surface area contributed by atoms with E-state index in [2.05, 4.69) is 22.8 Å². The van der Waals surface area contributed by atoms with Crippen molar-refractivity contribution in [3.63, 3.8) is 0 Å². The minimum Gasteiger partial charge on any atom is -0.352 e. The van der Waals surface area contributed by atoms with Crippen LogP contribution in [0, 0.1) is 0 Å². The van der Waals surface area contributed by atoms with E-state index >= 15 is 0 Å². The van der Waals surface area contributed by atoms with Crippen LogP contribution in [0.2, 0.25) is 5.02 Å². The van der Waals surface area contributed by atoms with Gasteiger partial charge in [-0.3, -0.25) is 9.59 Å². The van der Waals surface area contributed by atoms with Crippen LogP contribution < -0.4 is 10.6 Å². The summed E-state index contributed by atoms with van der Waals surface area (Å²) in [5.41, 5.74) is 2.64. The van der Waals surface area contributed by atoms with E-state index in [-0.39, 0.29) is 11.8 Å². The Kier molecular flexibility index (Phi) is 8.13. The number of amides is 2. The quantitative estimate of drug-likeness (QED) is 0.576. The Labute approximate surface area is 179 Å². The molecule has 1 heterocycles. The van der Waals surface area contributed by atoms with Crippen LogP contribution in [-0.2, 0) is 4.79 Å². The van der Waals surface area contributed by atoms with Crippen molar-refractivity contribution in [3.8, 4) is 0 Å². The summed E-state index contributed by atoms with van der Waals surface area (Å²) >= 11 is 9.75. The molecule has 0 radical (unpaired) electrons. The first kappa shape index (κ1) is 21.1. The van der Waals surface area contributed by atoms with Crippen LogP contribution in [-0.4, -0.2) is 29.9 Å². The second-order valence-corrected chi connectivity index (χ2v) is 9.63. The minimum absolute atomic E-state index is 0.0400. The highest BCUT2D eigenvalue weighted by atomic mass is 35.5. The lowest BCUT2D eigenvalue weighted by Gasteiger charge is -2.21. The van der Waals surface area contributed by atoms with E-state index in [0.717, 1.165) is 5.69 Å². The number of anilines is 1. The second-order valence-electron chi connectivity index (χ2n) is 6.47. The molecular formula is C21H23ClN2O2S2. The lowest BCUT2D eigenvalue weighted by molar-refractivity contribution is -0.116. The number of carbonyl (C=O) groups excluding carboxylic acids is 2. The molecular weight excluding hydrogens is 412 g/mol. The van der Waals surface area contributed by atoms with E-state index in [4.69, 9.17) is 11.6 Å². The van der Waals surface area contributed by atoms with Gasteiger partial charge in [-0.15, -0.1) is 23.5 Å². The first-order valence-electron chi connectivity index (χ1n) is 9.28. The van der Waals surface area contributed by atoms with Gasteiger partial charge in [-0.1, -0.05) is 23.7 Å².